The first-order valence-corrected chi connectivity index (χ1v) is 4.81. The molecule has 0 aromatic heterocycles. The maximum absolute atomic E-state index is 8.35. The molecule has 0 rings (SSSR count). The van der Waals surface area contributed by atoms with Gasteiger partial charge in [-0.15, -0.1) is 0 Å². The van der Waals surface area contributed by atoms with E-state index >= 15 is 0 Å². The molecule has 0 amide bonds. The average molecular weight is 243 g/mol. The lowest BCUT2D eigenvalue weighted by Gasteiger charge is -1.88. The Morgan fingerprint density at radius 3 is 0.857 bits per heavy atom. The Hall–Kier alpha value is -1.33. The van der Waals surface area contributed by atoms with Crippen molar-refractivity contribution in [3.63, 3.8) is 0 Å². The van der Waals surface area contributed by atoms with Crippen LogP contribution >= 0.6 is 6.72 Å². The van der Waals surface area contributed by atoms with E-state index in [1.165, 1.54) is 0 Å². The van der Waals surface area contributed by atoms with Crippen LogP contribution in [0.2, 0.25) is 0 Å². The van der Waals surface area contributed by atoms with E-state index in [2.05, 4.69) is 11.8 Å². The maximum atomic E-state index is 8.35. The second-order valence-electron chi connectivity index (χ2n) is 0.819. The van der Waals surface area contributed by atoms with Crippen LogP contribution in [0.25, 0.3) is 0 Å². The summed E-state index contributed by atoms with van der Waals surface area (Å²) in [7, 11) is 0. The van der Waals surface area contributed by atoms with E-state index in [0.29, 0.717) is 0 Å². The number of hydrogen-bond acceptors (Lipinski definition) is 7. The first kappa shape index (κ1) is 23.0. The van der Waals surface area contributed by atoms with Gasteiger partial charge >= 0.3 is 6.72 Å². The summed E-state index contributed by atoms with van der Waals surface area (Å²) in [5, 5.41) is 16.2. The molecule has 0 aromatic rings. The molecule has 0 fully saturated rings. The normalized spacial score (nSPS) is 5.93. The number of isocyanates is 3. The van der Waals surface area contributed by atoms with Gasteiger partial charge in [-0.25, -0.2) is 30.6 Å². The third kappa shape index (κ3) is 564. The molecular formula is C3H6N3O6PS. The summed E-state index contributed by atoms with van der Waals surface area (Å²) < 4.78 is 0. The quantitative estimate of drug-likeness (QED) is 0.177. The predicted octanol–water partition coefficient (Wildman–Crippen LogP) is -1.11. The molecular weight excluding hydrogens is 237 g/mol. The molecule has 0 radical (unpaired) electrons. The number of nitrogens with one attached hydrogen (secondary N) is 3. The molecule has 9 nitrogen and oxygen atoms in total. The highest BCUT2D eigenvalue weighted by molar-refractivity contribution is 8.06. The van der Waals surface area contributed by atoms with Crippen molar-refractivity contribution in [3.05, 3.63) is 0 Å². The highest BCUT2D eigenvalue weighted by Gasteiger charge is 1.92. The molecule has 0 heterocycles. The van der Waals surface area contributed by atoms with Crippen molar-refractivity contribution in [1.29, 1.82) is 16.2 Å². The first-order valence-electron chi connectivity index (χ1n) is 2.14. The fourth-order valence-electron chi connectivity index (χ4n) is 0. The van der Waals surface area contributed by atoms with E-state index in [1.807, 2.05) is 0 Å². The maximum Gasteiger partial charge on any atom is 0.319 e. The van der Waals surface area contributed by atoms with Crippen LogP contribution in [0.15, 0.2) is 0 Å². The van der Waals surface area contributed by atoms with Gasteiger partial charge in [0.15, 0.2) is 0 Å². The Labute approximate surface area is 82.8 Å². The fourth-order valence-corrected chi connectivity index (χ4v) is 0. The molecule has 0 aliphatic heterocycles. The fraction of sp³-hybridized carbons (Fsp3) is 0. The molecule has 0 aliphatic carbocycles. The summed E-state index contributed by atoms with van der Waals surface area (Å²) in [5.74, 6) is 0. The zero-order valence-corrected chi connectivity index (χ0v) is 8.13. The van der Waals surface area contributed by atoms with Crippen molar-refractivity contribution < 1.29 is 29.1 Å². The van der Waals surface area contributed by atoms with Gasteiger partial charge in [0, 0.05) is 0 Å². The van der Waals surface area contributed by atoms with Crippen molar-refractivity contribution in [2.45, 2.75) is 0 Å². The summed E-state index contributed by atoms with van der Waals surface area (Å²) in [6.45, 7) is -3.81. The van der Waals surface area contributed by atoms with Gasteiger partial charge in [0.05, 0.1) is 0 Å². The third-order valence-electron chi connectivity index (χ3n) is 0. The van der Waals surface area contributed by atoms with Crippen molar-refractivity contribution >= 4 is 36.8 Å². The molecule has 14 heavy (non-hydrogen) atoms. The Morgan fingerprint density at radius 1 is 0.857 bits per heavy atom. The SMILES string of the molecule is N=C=O.N=C=O.N=C=O.OP(O)(O)=S. The molecule has 11 heteroatoms. The van der Waals surface area contributed by atoms with Gasteiger partial charge in [0.1, 0.15) is 0 Å². The first-order chi connectivity index (χ1) is 6.24. The summed E-state index contributed by atoms with van der Waals surface area (Å²) in [4.78, 5) is 47.7. The van der Waals surface area contributed by atoms with Crippen LogP contribution in [-0.4, -0.2) is 32.9 Å². The van der Waals surface area contributed by atoms with E-state index in [0.717, 1.165) is 18.2 Å². The minimum atomic E-state index is -3.81. The monoisotopic (exact) mass is 243 g/mol. The highest BCUT2D eigenvalue weighted by atomic mass is 32.5. The summed E-state index contributed by atoms with van der Waals surface area (Å²) in [6.07, 6.45) is 2.25. The summed E-state index contributed by atoms with van der Waals surface area (Å²) in [6, 6.07) is 0. The van der Waals surface area contributed by atoms with Crippen LogP contribution in [0.3, 0.4) is 0 Å². The van der Waals surface area contributed by atoms with E-state index in [9.17, 15) is 0 Å². The van der Waals surface area contributed by atoms with Gasteiger partial charge in [-0.05, 0) is 11.8 Å². The standard InChI is InChI=1S/3CHNO.H3O3PS/c3*2-1-3;1-4(2,3)5/h3*2H;(H3,1,2,3,5). The topological polar surface area (TPSA) is 183 Å². The lowest BCUT2D eigenvalue weighted by atomic mass is 11.7. The van der Waals surface area contributed by atoms with Crippen molar-refractivity contribution in [2.24, 2.45) is 0 Å². The molecule has 80 valence electrons. The van der Waals surface area contributed by atoms with Gasteiger partial charge in [0.25, 0.3) is 0 Å². The molecule has 0 aliphatic rings. The van der Waals surface area contributed by atoms with Crippen molar-refractivity contribution in [1.82, 2.24) is 0 Å². The van der Waals surface area contributed by atoms with E-state index in [-0.39, 0.29) is 0 Å². The molecule has 6 N–H and O–H groups in total. The van der Waals surface area contributed by atoms with E-state index in [4.69, 9.17) is 45.3 Å². The van der Waals surface area contributed by atoms with Gasteiger partial charge < -0.3 is 14.7 Å². The molecule has 0 bridgehead atoms. The second kappa shape index (κ2) is 22.6. The minimum Gasteiger partial charge on any atom is -0.325 e. The summed E-state index contributed by atoms with van der Waals surface area (Å²) >= 11 is 3.60. The van der Waals surface area contributed by atoms with E-state index in [1.54, 1.807) is 0 Å². The molecule has 0 atom stereocenters. The van der Waals surface area contributed by atoms with Crippen molar-refractivity contribution in [3.8, 4) is 0 Å². The Morgan fingerprint density at radius 2 is 0.857 bits per heavy atom. The molecule has 0 unspecified atom stereocenters. The molecule has 0 aromatic carbocycles. The van der Waals surface area contributed by atoms with Crippen LogP contribution < -0.4 is 0 Å². The zero-order chi connectivity index (χ0) is 12.6. The average Bonchev–Trinajstić information content (AvgIpc) is 1.86. The Bertz CT molecular complexity index is 219. The van der Waals surface area contributed by atoms with Crippen LogP contribution in [-0.2, 0) is 26.2 Å². The molecule has 0 saturated carbocycles. The lowest BCUT2D eigenvalue weighted by molar-refractivity contribution is 0.363. The Balaban J connectivity index is -0.0000000495. The number of rotatable bonds is 0. The smallest absolute Gasteiger partial charge is 0.319 e. The van der Waals surface area contributed by atoms with E-state index < -0.39 is 6.72 Å². The predicted molar refractivity (Wildman–Crippen MR) is 46.2 cm³/mol. The number of carbonyl (C=O) groups excluding carboxylic acids is 3. The minimum absolute atomic E-state index is 0.750. The summed E-state index contributed by atoms with van der Waals surface area (Å²) in [5.41, 5.74) is 0. The van der Waals surface area contributed by atoms with Crippen LogP contribution in [0, 0.1) is 16.2 Å². The third-order valence-corrected chi connectivity index (χ3v) is 0. The van der Waals surface area contributed by atoms with Crippen LogP contribution in [0.5, 0.6) is 0 Å². The second-order valence-corrected chi connectivity index (χ2v) is 3.32. The van der Waals surface area contributed by atoms with Crippen LogP contribution in [0.4, 0.5) is 0 Å². The van der Waals surface area contributed by atoms with Gasteiger partial charge in [-0.1, -0.05) is 0 Å². The Kier molecular flexibility index (Phi) is 37.0. The highest BCUT2D eigenvalue weighted by Crippen LogP contribution is 2.26. The van der Waals surface area contributed by atoms with Crippen molar-refractivity contribution in [2.75, 3.05) is 0 Å². The largest absolute Gasteiger partial charge is 0.325 e. The zero-order valence-electron chi connectivity index (χ0n) is 6.42. The number of hydrogen-bond donors (Lipinski definition) is 6. The molecule has 0 spiro atoms. The van der Waals surface area contributed by atoms with Gasteiger partial charge in [0.2, 0.25) is 18.2 Å². The van der Waals surface area contributed by atoms with Gasteiger partial charge in [-0.2, -0.15) is 0 Å². The van der Waals surface area contributed by atoms with Gasteiger partial charge in [-0.3, -0.25) is 0 Å². The lowest BCUT2D eigenvalue weighted by Crippen LogP contribution is -1.65. The molecule has 0 saturated heterocycles. The van der Waals surface area contributed by atoms with Crippen LogP contribution in [0.1, 0.15) is 0 Å².